The molecule has 128 valence electrons. The van der Waals surface area contributed by atoms with Crippen LogP contribution in [0.5, 0.6) is 0 Å². The van der Waals surface area contributed by atoms with Crippen LogP contribution in [-0.4, -0.2) is 40.2 Å². The van der Waals surface area contributed by atoms with Gasteiger partial charge in [0.1, 0.15) is 0 Å². The highest BCUT2D eigenvalue weighted by atomic mass is 16.5. The normalized spacial score (nSPS) is 22.3. The molecule has 1 aliphatic carbocycles. The van der Waals surface area contributed by atoms with E-state index in [1.165, 1.54) is 32.1 Å². The highest BCUT2D eigenvalue weighted by Crippen LogP contribution is 2.27. The van der Waals surface area contributed by atoms with E-state index >= 15 is 0 Å². The van der Waals surface area contributed by atoms with Crippen LogP contribution in [0.1, 0.15) is 80.7 Å². The second kappa shape index (κ2) is 8.43. The lowest BCUT2D eigenvalue weighted by Crippen LogP contribution is -2.25. The number of nitrogens with zero attached hydrogens (tertiary/aromatic N) is 3. The minimum Gasteiger partial charge on any atom is -0.378 e. The molecule has 1 amide bonds. The Morgan fingerprint density at radius 3 is 2.87 bits per heavy atom. The Kier molecular flexibility index (Phi) is 6.02. The van der Waals surface area contributed by atoms with E-state index in [0.717, 1.165) is 38.7 Å². The van der Waals surface area contributed by atoms with Crippen molar-refractivity contribution in [2.24, 2.45) is 0 Å². The van der Waals surface area contributed by atoms with Crippen molar-refractivity contribution >= 4 is 5.91 Å². The van der Waals surface area contributed by atoms with Gasteiger partial charge in [-0.3, -0.25) is 4.79 Å². The SMILES string of the molecule is O=C(NCCCC[C@@H]1CCCO1)c1cn(C2CCCCC2)nn1. The van der Waals surface area contributed by atoms with Gasteiger partial charge in [-0.05, 0) is 44.9 Å². The molecular weight excluding hydrogens is 292 g/mol. The zero-order valence-corrected chi connectivity index (χ0v) is 13.9. The Hall–Kier alpha value is -1.43. The van der Waals surface area contributed by atoms with Crippen LogP contribution in [0, 0.1) is 0 Å². The number of hydrogen-bond acceptors (Lipinski definition) is 4. The van der Waals surface area contributed by atoms with E-state index in [1.807, 2.05) is 4.68 Å². The summed E-state index contributed by atoms with van der Waals surface area (Å²) in [6.45, 7) is 1.61. The predicted molar refractivity (Wildman–Crippen MR) is 87.3 cm³/mol. The number of aromatic nitrogens is 3. The molecule has 1 aromatic rings. The molecule has 2 heterocycles. The lowest BCUT2D eigenvalue weighted by molar-refractivity contribution is 0.0942. The van der Waals surface area contributed by atoms with Gasteiger partial charge in [0.05, 0.1) is 18.3 Å². The zero-order valence-electron chi connectivity index (χ0n) is 13.9. The van der Waals surface area contributed by atoms with Crippen LogP contribution >= 0.6 is 0 Å². The number of ether oxygens (including phenoxy) is 1. The summed E-state index contributed by atoms with van der Waals surface area (Å²) in [6, 6.07) is 0.421. The van der Waals surface area contributed by atoms with Gasteiger partial charge in [0, 0.05) is 13.2 Å². The zero-order chi connectivity index (χ0) is 15.9. The van der Waals surface area contributed by atoms with Gasteiger partial charge in [-0.1, -0.05) is 24.5 Å². The van der Waals surface area contributed by atoms with Gasteiger partial charge in [-0.2, -0.15) is 0 Å². The van der Waals surface area contributed by atoms with Crippen LogP contribution in [0.2, 0.25) is 0 Å². The van der Waals surface area contributed by atoms with E-state index in [1.54, 1.807) is 6.20 Å². The first kappa shape index (κ1) is 16.4. The smallest absolute Gasteiger partial charge is 0.273 e. The fourth-order valence-electron chi connectivity index (χ4n) is 3.57. The molecule has 3 rings (SSSR count). The van der Waals surface area contributed by atoms with Crippen molar-refractivity contribution in [3.8, 4) is 0 Å². The van der Waals surface area contributed by atoms with Crippen LogP contribution < -0.4 is 5.32 Å². The highest BCUT2D eigenvalue weighted by molar-refractivity contribution is 5.91. The Bertz CT molecular complexity index is 491. The first-order valence-corrected chi connectivity index (χ1v) is 9.14. The quantitative estimate of drug-likeness (QED) is 0.784. The molecule has 0 unspecified atom stereocenters. The van der Waals surface area contributed by atoms with E-state index in [9.17, 15) is 4.79 Å². The number of carbonyl (C=O) groups excluding carboxylic acids is 1. The van der Waals surface area contributed by atoms with Gasteiger partial charge in [0.25, 0.3) is 5.91 Å². The average Bonchev–Trinajstić information content (AvgIpc) is 3.27. The number of hydrogen-bond donors (Lipinski definition) is 1. The predicted octanol–water partition coefficient (Wildman–Crippen LogP) is 2.86. The molecule has 0 spiro atoms. The van der Waals surface area contributed by atoms with E-state index in [4.69, 9.17) is 4.74 Å². The number of unbranched alkanes of at least 4 members (excludes halogenated alkanes) is 1. The number of nitrogens with one attached hydrogen (secondary N) is 1. The van der Waals surface area contributed by atoms with E-state index in [-0.39, 0.29) is 5.91 Å². The maximum atomic E-state index is 12.1. The van der Waals surface area contributed by atoms with Crippen molar-refractivity contribution in [1.29, 1.82) is 0 Å². The summed E-state index contributed by atoms with van der Waals surface area (Å²) in [5.41, 5.74) is 0.440. The van der Waals surface area contributed by atoms with Gasteiger partial charge in [-0.25, -0.2) is 4.68 Å². The molecule has 1 N–H and O–H groups in total. The van der Waals surface area contributed by atoms with Crippen LogP contribution in [-0.2, 0) is 4.74 Å². The fraction of sp³-hybridized carbons (Fsp3) is 0.824. The summed E-state index contributed by atoms with van der Waals surface area (Å²) in [7, 11) is 0. The van der Waals surface area contributed by atoms with Crippen LogP contribution in [0.15, 0.2) is 6.20 Å². The van der Waals surface area contributed by atoms with Crippen molar-refractivity contribution in [1.82, 2.24) is 20.3 Å². The number of amides is 1. The van der Waals surface area contributed by atoms with Crippen LogP contribution in [0.4, 0.5) is 0 Å². The summed E-state index contributed by atoms with van der Waals surface area (Å²) in [5.74, 6) is -0.107. The standard InChI is InChI=1S/C17H28N4O2/c22-17(18-11-5-4-9-15-10-6-12-23-15)16-13-21(20-19-16)14-7-2-1-3-8-14/h13-15H,1-12H2,(H,18,22)/t15-/m1/s1. The van der Waals surface area contributed by atoms with Crippen LogP contribution in [0.25, 0.3) is 0 Å². The molecule has 2 aliphatic rings. The van der Waals surface area contributed by atoms with Crippen molar-refractivity contribution in [3.63, 3.8) is 0 Å². The lowest BCUT2D eigenvalue weighted by atomic mass is 9.96. The number of rotatable bonds is 7. The second-order valence-electron chi connectivity index (χ2n) is 6.76. The second-order valence-corrected chi connectivity index (χ2v) is 6.76. The molecule has 6 heteroatoms. The molecular formula is C17H28N4O2. The maximum Gasteiger partial charge on any atom is 0.273 e. The molecule has 1 saturated heterocycles. The third-order valence-electron chi connectivity index (χ3n) is 4.95. The lowest BCUT2D eigenvalue weighted by Gasteiger charge is -2.20. The topological polar surface area (TPSA) is 69.0 Å². The molecule has 1 atom stereocenters. The van der Waals surface area contributed by atoms with Gasteiger partial charge >= 0.3 is 0 Å². The highest BCUT2D eigenvalue weighted by Gasteiger charge is 2.19. The molecule has 0 radical (unpaired) electrons. The van der Waals surface area contributed by atoms with Crippen molar-refractivity contribution in [2.45, 2.75) is 76.4 Å². The maximum absolute atomic E-state index is 12.1. The third-order valence-corrected chi connectivity index (χ3v) is 4.95. The minimum absolute atomic E-state index is 0.107. The molecule has 0 bridgehead atoms. The van der Waals surface area contributed by atoms with Gasteiger partial charge in [-0.15, -0.1) is 5.10 Å². The van der Waals surface area contributed by atoms with Crippen molar-refractivity contribution < 1.29 is 9.53 Å². The Morgan fingerprint density at radius 2 is 2.09 bits per heavy atom. The summed E-state index contributed by atoms with van der Waals surface area (Å²) < 4.78 is 7.48. The fourth-order valence-corrected chi connectivity index (χ4v) is 3.57. The first-order valence-electron chi connectivity index (χ1n) is 9.14. The number of carbonyl (C=O) groups is 1. The van der Waals surface area contributed by atoms with Gasteiger partial charge in [0.15, 0.2) is 5.69 Å². The summed E-state index contributed by atoms with van der Waals surface area (Å²) in [5, 5.41) is 11.1. The van der Waals surface area contributed by atoms with Gasteiger partial charge < -0.3 is 10.1 Å². The van der Waals surface area contributed by atoms with E-state index < -0.39 is 0 Å². The van der Waals surface area contributed by atoms with Gasteiger partial charge in [0.2, 0.25) is 0 Å². The summed E-state index contributed by atoms with van der Waals surface area (Å²) in [6.07, 6.45) is 13.9. The largest absolute Gasteiger partial charge is 0.378 e. The van der Waals surface area contributed by atoms with Crippen LogP contribution in [0.3, 0.4) is 0 Å². The Morgan fingerprint density at radius 1 is 1.22 bits per heavy atom. The minimum atomic E-state index is -0.107. The molecule has 0 aromatic carbocycles. The molecule has 1 aliphatic heterocycles. The third kappa shape index (κ3) is 4.77. The van der Waals surface area contributed by atoms with Crippen molar-refractivity contribution in [2.75, 3.05) is 13.2 Å². The molecule has 1 saturated carbocycles. The molecule has 23 heavy (non-hydrogen) atoms. The molecule has 6 nitrogen and oxygen atoms in total. The summed E-state index contributed by atoms with van der Waals surface area (Å²) >= 11 is 0. The molecule has 1 aromatic heterocycles. The monoisotopic (exact) mass is 320 g/mol. The Balaban J connectivity index is 1.35. The average molecular weight is 320 g/mol. The Labute approximate surface area is 138 Å². The van der Waals surface area contributed by atoms with E-state index in [2.05, 4.69) is 15.6 Å². The molecule has 2 fully saturated rings. The van der Waals surface area contributed by atoms with E-state index in [0.29, 0.717) is 24.4 Å². The van der Waals surface area contributed by atoms with Crippen molar-refractivity contribution in [3.05, 3.63) is 11.9 Å². The summed E-state index contributed by atoms with van der Waals surface area (Å²) in [4.78, 5) is 12.1. The first-order chi connectivity index (χ1) is 11.3.